The number of nitrogens with one attached hydrogen (secondary N) is 1. The Morgan fingerprint density at radius 1 is 1.32 bits per heavy atom. The molecular weight excluding hydrogens is 272 g/mol. The van der Waals surface area contributed by atoms with Crippen LogP contribution >= 0.6 is 0 Å². The van der Waals surface area contributed by atoms with Gasteiger partial charge in [0.15, 0.2) is 0 Å². The van der Waals surface area contributed by atoms with Gasteiger partial charge in [-0.2, -0.15) is 0 Å². The number of amides is 1. The molecule has 0 aromatic carbocycles. The van der Waals surface area contributed by atoms with Crippen LogP contribution in [0.25, 0.3) is 0 Å². The van der Waals surface area contributed by atoms with E-state index in [-0.39, 0.29) is 30.6 Å². The molecule has 0 saturated carbocycles. The van der Waals surface area contributed by atoms with Crippen molar-refractivity contribution >= 4 is 21.7 Å². The molecule has 0 saturated heterocycles. The summed E-state index contributed by atoms with van der Waals surface area (Å²) in [5, 5.41) is 11.2. The molecule has 0 rings (SSSR count). The number of hydrogen-bond acceptors (Lipinski definition) is 5. The SMILES string of the molecule is CC(C)C(N)CC(=O)NC(CCS(C)(=O)=O)C(=O)O. The standard InChI is InChI=1S/C11H22N2O5S/c1-7(2)8(12)6-10(14)13-9(11(15)16)4-5-19(3,17)18/h7-9H,4-6,12H2,1-3H3,(H,13,14)(H,15,16). The number of hydrogen-bond donors (Lipinski definition) is 3. The van der Waals surface area contributed by atoms with Crippen LogP contribution in [-0.2, 0) is 19.4 Å². The van der Waals surface area contributed by atoms with Crippen molar-refractivity contribution in [3.63, 3.8) is 0 Å². The van der Waals surface area contributed by atoms with Crippen LogP contribution in [0.4, 0.5) is 0 Å². The van der Waals surface area contributed by atoms with Crippen molar-refractivity contribution in [2.24, 2.45) is 11.7 Å². The fraction of sp³-hybridized carbons (Fsp3) is 0.818. The highest BCUT2D eigenvalue weighted by Gasteiger charge is 2.23. The lowest BCUT2D eigenvalue weighted by molar-refractivity contribution is -0.141. The van der Waals surface area contributed by atoms with Crippen molar-refractivity contribution in [3.05, 3.63) is 0 Å². The number of carbonyl (C=O) groups excluding carboxylic acids is 1. The van der Waals surface area contributed by atoms with Gasteiger partial charge in [-0.1, -0.05) is 13.8 Å². The highest BCUT2D eigenvalue weighted by Crippen LogP contribution is 2.04. The van der Waals surface area contributed by atoms with Crippen molar-refractivity contribution in [1.29, 1.82) is 0 Å². The molecule has 2 atom stereocenters. The maximum atomic E-state index is 11.6. The molecule has 0 aliphatic carbocycles. The third-order valence-corrected chi connectivity index (χ3v) is 3.67. The third-order valence-electron chi connectivity index (χ3n) is 2.69. The van der Waals surface area contributed by atoms with Crippen LogP contribution in [0.15, 0.2) is 0 Å². The first-order valence-electron chi connectivity index (χ1n) is 5.98. The number of carboxylic acid groups (broad SMARTS) is 1. The van der Waals surface area contributed by atoms with E-state index in [4.69, 9.17) is 10.8 Å². The molecule has 4 N–H and O–H groups in total. The number of aliphatic carboxylic acids is 1. The smallest absolute Gasteiger partial charge is 0.326 e. The van der Waals surface area contributed by atoms with Gasteiger partial charge in [0.05, 0.1) is 5.75 Å². The summed E-state index contributed by atoms with van der Waals surface area (Å²) >= 11 is 0. The molecule has 0 aliphatic rings. The van der Waals surface area contributed by atoms with Gasteiger partial charge in [-0.25, -0.2) is 13.2 Å². The topological polar surface area (TPSA) is 127 Å². The molecule has 0 fully saturated rings. The summed E-state index contributed by atoms with van der Waals surface area (Å²) in [5.41, 5.74) is 5.71. The Labute approximate surface area is 113 Å². The molecule has 0 spiro atoms. The first-order chi connectivity index (χ1) is 8.53. The van der Waals surface area contributed by atoms with E-state index < -0.39 is 27.8 Å². The van der Waals surface area contributed by atoms with Crippen LogP contribution in [0, 0.1) is 5.92 Å². The van der Waals surface area contributed by atoms with Crippen LogP contribution < -0.4 is 11.1 Å². The third kappa shape index (κ3) is 8.55. The van der Waals surface area contributed by atoms with E-state index >= 15 is 0 Å². The van der Waals surface area contributed by atoms with Gasteiger partial charge in [0.1, 0.15) is 15.9 Å². The maximum Gasteiger partial charge on any atom is 0.326 e. The lowest BCUT2D eigenvalue weighted by Crippen LogP contribution is -2.44. The molecule has 0 aliphatic heterocycles. The Morgan fingerprint density at radius 2 is 1.84 bits per heavy atom. The molecule has 0 aromatic heterocycles. The molecular formula is C11H22N2O5S. The summed E-state index contributed by atoms with van der Waals surface area (Å²) in [6.07, 6.45) is 0.875. The van der Waals surface area contributed by atoms with Gasteiger partial charge in [0.2, 0.25) is 5.91 Å². The molecule has 1 amide bonds. The van der Waals surface area contributed by atoms with Crippen LogP contribution in [0.5, 0.6) is 0 Å². The Hall–Kier alpha value is -1.15. The molecule has 19 heavy (non-hydrogen) atoms. The predicted molar refractivity (Wildman–Crippen MR) is 71.3 cm³/mol. The van der Waals surface area contributed by atoms with Crippen LogP contribution in [0.3, 0.4) is 0 Å². The minimum Gasteiger partial charge on any atom is -0.480 e. The van der Waals surface area contributed by atoms with Crippen LogP contribution in [0.1, 0.15) is 26.7 Å². The number of nitrogens with two attached hydrogens (primary N) is 1. The average molecular weight is 294 g/mol. The first kappa shape index (κ1) is 17.8. The molecule has 0 radical (unpaired) electrons. The highest BCUT2D eigenvalue weighted by molar-refractivity contribution is 7.90. The summed E-state index contributed by atoms with van der Waals surface area (Å²) in [4.78, 5) is 22.5. The molecule has 7 nitrogen and oxygen atoms in total. The molecule has 0 aromatic rings. The van der Waals surface area contributed by atoms with Gasteiger partial charge >= 0.3 is 5.97 Å². The van der Waals surface area contributed by atoms with Gasteiger partial charge in [-0.15, -0.1) is 0 Å². The van der Waals surface area contributed by atoms with E-state index in [0.717, 1.165) is 6.26 Å². The second kappa shape index (κ2) is 7.44. The van der Waals surface area contributed by atoms with Crippen molar-refractivity contribution in [1.82, 2.24) is 5.32 Å². The highest BCUT2D eigenvalue weighted by atomic mass is 32.2. The van der Waals surface area contributed by atoms with E-state index in [2.05, 4.69) is 5.32 Å². The zero-order valence-corrected chi connectivity index (χ0v) is 12.2. The van der Waals surface area contributed by atoms with Crippen molar-refractivity contribution in [3.8, 4) is 0 Å². The Balaban J connectivity index is 4.43. The van der Waals surface area contributed by atoms with Gasteiger partial charge < -0.3 is 16.2 Å². The monoisotopic (exact) mass is 294 g/mol. The van der Waals surface area contributed by atoms with E-state index in [1.54, 1.807) is 0 Å². The maximum absolute atomic E-state index is 11.6. The summed E-state index contributed by atoms with van der Waals surface area (Å²) in [6.45, 7) is 3.71. The zero-order chi connectivity index (χ0) is 15.2. The van der Waals surface area contributed by atoms with Crippen LogP contribution in [-0.4, -0.2) is 49.5 Å². The Bertz CT molecular complexity index is 419. The van der Waals surface area contributed by atoms with Gasteiger partial charge in [0.25, 0.3) is 0 Å². The Morgan fingerprint density at radius 3 is 2.21 bits per heavy atom. The lowest BCUT2D eigenvalue weighted by atomic mass is 10.0. The molecule has 112 valence electrons. The first-order valence-corrected chi connectivity index (χ1v) is 8.04. The summed E-state index contributed by atoms with van der Waals surface area (Å²) in [5.74, 6) is -1.93. The summed E-state index contributed by atoms with van der Waals surface area (Å²) in [7, 11) is -3.26. The second-order valence-corrected chi connectivity index (χ2v) is 7.25. The van der Waals surface area contributed by atoms with E-state index in [9.17, 15) is 18.0 Å². The number of carboxylic acids is 1. The zero-order valence-electron chi connectivity index (χ0n) is 11.4. The van der Waals surface area contributed by atoms with E-state index in [1.807, 2.05) is 13.8 Å². The number of rotatable bonds is 8. The summed E-state index contributed by atoms with van der Waals surface area (Å²) < 4.78 is 22.0. The van der Waals surface area contributed by atoms with Gasteiger partial charge in [-0.3, -0.25) is 4.79 Å². The average Bonchev–Trinajstić information content (AvgIpc) is 2.22. The second-order valence-electron chi connectivity index (χ2n) is 4.99. The van der Waals surface area contributed by atoms with E-state index in [0.29, 0.717) is 0 Å². The minimum absolute atomic E-state index is 0.0142. The summed E-state index contributed by atoms with van der Waals surface area (Å²) in [6, 6.07) is -1.56. The number of carbonyl (C=O) groups is 2. The minimum atomic E-state index is -3.26. The fourth-order valence-electron chi connectivity index (χ4n) is 1.29. The quantitative estimate of drug-likeness (QED) is 0.547. The predicted octanol–water partition coefficient (Wildman–Crippen LogP) is -0.636. The van der Waals surface area contributed by atoms with Gasteiger partial charge in [-0.05, 0) is 12.3 Å². The van der Waals surface area contributed by atoms with Crippen LogP contribution in [0.2, 0.25) is 0 Å². The fourth-order valence-corrected chi connectivity index (χ4v) is 1.96. The largest absolute Gasteiger partial charge is 0.480 e. The molecule has 2 unspecified atom stereocenters. The normalized spacial score (nSPS) is 15.0. The van der Waals surface area contributed by atoms with Gasteiger partial charge in [0, 0.05) is 18.7 Å². The molecule has 0 bridgehead atoms. The number of sulfone groups is 1. The molecule has 8 heteroatoms. The Kier molecular flexibility index (Phi) is 6.99. The molecule has 0 heterocycles. The van der Waals surface area contributed by atoms with Crippen molar-refractivity contribution < 1.29 is 23.1 Å². The van der Waals surface area contributed by atoms with Crippen molar-refractivity contribution in [2.75, 3.05) is 12.0 Å². The van der Waals surface area contributed by atoms with Crippen molar-refractivity contribution in [2.45, 2.75) is 38.8 Å². The lowest BCUT2D eigenvalue weighted by Gasteiger charge is -2.18. The van der Waals surface area contributed by atoms with E-state index in [1.165, 1.54) is 0 Å².